The number of anilines is 1. The summed E-state index contributed by atoms with van der Waals surface area (Å²) in [7, 11) is -0.238. The fourth-order valence-corrected chi connectivity index (χ4v) is 4.80. The predicted molar refractivity (Wildman–Crippen MR) is 117 cm³/mol. The predicted octanol–water partition coefficient (Wildman–Crippen LogP) is 4.80. The van der Waals surface area contributed by atoms with Crippen molar-refractivity contribution < 1.29 is 17.6 Å². The Morgan fingerprint density at radius 2 is 1.66 bits per heavy atom. The minimum Gasteiger partial charge on any atom is -0.463 e. The first-order chi connectivity index (χ1) is 13.8. The quantitative estimate of drug-likeness (QED) is 0.771. The lowest BCUT2D eigenvalue weighted by atomic mass is 9.85. The molecule has 0 radical (unpaired) electrons. The second-order valence-electron chi connectivity index (χ2n) is 8.12. The third kappa shape index (κ3) is 4.94. The molecule has 1 aromatic carbocycles. The van der Waals surface area contributed by atoms with E-state index in [4.69, 9.17) is 4.42 Å². The van der Waals surface area contributed by atoms with Crippen LogP contribution in [0.5, 0.6) is 0 Å². The van der Waals surface area contributed by atoms with E-state index < -0.39 is 10.0 Å². The van der Waals surface area contributed by atoms with Crippen molar-refractivity contribution in [3.63, 3.8) is 0 Å². The summed E-state index contributed by atoms with van der Waals surface area (Å²) >= 11 is 0. The van der Waals surface area contributed by atoms with Crippen LogP contribution in [0, 0.1) is 0 Å². The van der Waals surface area contributed by atoms with Crippen LogP contribution in [0.2, 0.25) is 0 Å². The zero-order valence-electron chi connectivity index (χ0n) is 17.7. The standard InChI is InChI=1S/C22H32N2O4S/c1-23-22(25)19-15-28-21-14-20(24(2)29(3,26)27)17(13-18(19)21)16-11-9-7-5-4-6-8-10-12-16/h13-16H,4-12H2,1-3H3,(H,23,25). The number of nitrogens with zero attached hydrogens (tertiary/aromatic N) is 1. The first-order valence-electron chi connectivity index (χ1n) is 10.5. The molecule has 1 aliphatic carbocycles. The van der Waals surface area contributed by atoms with Gasteiger partial charge in [0.25, 0.3) is 5.91 Å². The van der Waals surface area contributed by atoms with Crippen molar-refractivity contribution in [2.24, 2.45) is 0 Å². The van der Waals surface area contributed by atoms with E-state index in [1.807, 2.05) is 6.07 Å². The molecule has 160 valence electrons. The van der Waals surface area contributed by atoms with E-state index in [0.29, 0.717) is 16.8 Å². The largest absolute Gasteiger partial charge is 0.463 e. The Balaban J connectivity index is 2.12. The van der Waals surface area contributed by atoms with Crippen molar-refractivity contribution in [1.82, 2.24) is 5.32 Å². The van der Waals surface area contributed by atoms with Crippen LogP contribution in [0.1, 0.15) is 79.6 Å². The average molecular weight is 421 g/mol. The highest BCUT2D eigenvalue weighted by Gasteiger charge is 2.25. The fraction of sp³-hybridized carbons (Fsp3) is 0.591. The van der Waals surface area contributed by atoms with Crippen molar-refractivity contribution in [1.29, 1.82) is 0 Å². The molecule has 1 aromatic heterocycles. The van der Waals surface area contributed by atoms with Crippen LogP contribution < -0.4 is 9.62 Å². The van der Waals surface area contributed by atoms with Gasteiger partial charge in [0, 0.05) is 25.5 Å². The van der Waals surface area contributed by atoms with Crippen LogP contribution >= 0.6 is 0 Å². The fourth-order valence-electron chi connectivity index (χ4n) is 4.29. The molecule has 7 heteroatoms. The molecule has 2 aromatic rings. The molecule has 1 saturated carbocycles. The molecule has 29 heavy (non-hydrogen) atoms. The topological polar surface area (TPSA) is 79.6 Å². The zero-order valence-corrected chi connectivity index (χ0v) is 18.5. The van der Waals surface area contributed by atoms with Gasteiger partial charge in [-0.05, 0) is 30.4 Å². The van der Waals surface area contributed by atoms with Gasteiger partial charge in [-0.1, -0.05) is 44.9 Å². The highest BCUT2D eigenvalue weighted by molar-refractivity contribution is 7.92. The van der Waals surface area contributed by atoms with Gasteiger partial charge < -0.3 is 9.73 Å². The Morgan fingerprint density at radius 1 is 1.07 bits per heavy atom. The van der Waals surface area contributed by atoms with E-state index in [0.717, 1.165) is 36.6 Å². The molecule has 6 nitrogen and oxygen atoms in total. The number of hydrogen-bond donors (Lipinski definition) is 1. The maximum Gasteiger partial charge on any atom is 0.254 e. The van der Waals surface area contributed by atoms with Gasteiger partial charge >= 0.3 is 0 Å². The Labute approximate surface area is 173 Å². The molecule has 0 atom stereocenters. The molecular formula is C22H32N2O4S. The van der Waals surface area contributed by atoms with Crippen LogP contribution in [0.4, 0.5) is 5.69 Å². The SMILES string of the molecule is CNC(=O)c1coc2cc(N(C)S(C)(=O)=O)c(C3CCCCCCCCC3)cc12. The molecule has 0 saturated heterocycles. The molecule has 0 spiro atoms. The van der Waals surface area contributed by atoms with E-state index in [-0.39, 0.29) is 11.8 Å². The van der Waals surface area contributed by atoms with Crippen LogP contribution in [0.25, 0.3) is 11.0 Å². The van der Waals surface area contributed by atoms with Gasteiger partial charge in [-0.3, -0.25) is 9.10 Å². The van der Waals surface area contributed by atoms with Crippen LogP contribution in [-0.4, -0.2) is 34.7 Å². The summed E-state index contributed by atoms with van der Waals surface area (Å²) < 4.78 is 31.6. The summed E-state index contributed by atoms with van der Waals surface area (Å²) in [4.78, 5) is 12.3. The summed E-state index contributed by atoms with van der Waals surface area (Å²) in [5, 5.41) is 3.39. The molecule has 1 heterocycles. The van der Waals surface area contributed by atoms with E-state index in [2.05, 4.69) is 5.32 Å². The zero-order chi connectivity index (χ0) is 21.0. The molecule has 0 bridgehead atoms. The number of fused-ring (bicyclic) bond motifs is 1. The molecule has 1 amide bonds. The van der Waals surface area contributed by atoms with Crippen molar-refractivity contribution in [3.05, 3.63) is 29.5 Å². The Bertz CT molecular complexity index is 955. The first-order valence-corrected chi connectivity index (χ1v) is 12.4. The monoisotopic (exact) mass is 420 g/mol. The summed E-state index contributed by atoms with van der Waals surface area (Å²) in [5.74, 6) is 0.0639. The maximum absolute atomic E-state index is 12.3. The van der Waals surface area contributed by atoms with Crippen molar-refractivity contribution in [2.75, 3.05) is 24.7 Å². The van der Waals surface area contributed by atoms with Gasteiger partial charge in [0.2, 0.25) is 10.0 Å². The summed E-state index contributed by atoms with van der Waals surface area (Å²) in [6, 6.07) is 3.76. The highest BCUT2D eigenvalue weighted by Crippen LogP contribution is 2.39. The second-order valence-corrected chi connectivity index (χ2v) is 10.1. The Hall–Kier alpha value is -2.02. The number of benzene rings is 1. The number of rotatable bonds is 4. The number of sulfonamides is 1. The summed E-state index contributed by atoms with van der Waals surface area (Å²) in [5.41, 5.74) is 2.66. The number of nitrogens with one attached hydrogen (secondary N) is 1. The lowest BCUT2D eigenvalue weighted by molar-refractivity contribution is 0.0964. The lowest BCUT2D eigenvalue weighted by Crippen LogP contribution is -2.26. The van der Waals surface area contributed by atoms with Gasteiger partial charge in [0.05, 0.1) is 17.5 Å². The van der Waals surface area contributed by atoms with E-state index in [1.54, 1.807) is 20.2 Å². The smallest absolute Gasteiger partial charge is 0.254 e. The molecular weight excluding hydrogens is 388 g/mol. The number of hydrogen-bond acceptors (Lipinski definition) is 4. The first kappa shape index (κ1) is 21.7. The van der Waals surface area contributed by atoms with Gasteiger partial charge in [0.1, 0.15) is 11.8 Å². The number of carbonyl (C=O) groups excluding carboxylic acids is 1. The maximum atomic E-state index is 12.3. The van der Waals surface area contributed by atoms with Gasteiger partial charge in [-0.25, -0.2) is 8.42 Å². The second kappa shape index (κ2) is 9.20. The third-order valence-electron chi connectivity index (χ3n) is 6.08. The van der Waals surface area contributed by atoms with Gasteiger partial charge in [-0.15, -0.1) is 0 Å². The molecule has 0 aliphatic heterocycles. The minimum atomic E-state index is -3.42. The highest BCUT2D eigenvalue weighted by atomic mass is 32.2. The molecule has 3 rings (SSSR count). The van der Waals surface area contributed by atoms with Crippen molar-refractivity contribution in [3.8, 4) is 0 Å². The van der Waals surface area contributed by atoms with Crippen molar-refractivity contribution >= 4 is 32.6 Å². The Kier molecular flexibility index (Phi) is 6.88. The number of furan rings is 1. The van der Waals surface area contributed by atoms with Crippen molar-refractivity contribution in [2.45, 2.75) is 63.7 Å². The van der Waals surface area contributed by atoms with Gasteiger partial charge in [0.15, 0.2) is 0 Å². The molecule has 1 N–H and O–H groups in total. The summed E-state index contributed by atoms with van der Waals surface area (Å²) in [6.07, 6.45) is 13.3. The van der Waals surface area contributed by atoms with Crippen LogP contribution in [0.3, 0.4) is 0 Å². The number of carbonyl (C=O) groups is 1. The van der Waals surface area contributed by atoms with E-state index in [9.17, 15) is 13.2 Å². The lowest BCUT2D eigenvalue weighted by Gasteiger charge is -2.26. The molecule has 1 fully saturated rings. The van der Waals surface area contributed by atoms with Crippen LogP contribution in [-0.2, 0) is 10.0 Å². The van der Waals surface area contributed by atoms with Crippen LogP contribution in [0.15, 0.2) is 22.8 Å². The van der Waals surface area contributed by atoms with E-state index >= 15 is 0 Å². The average Bonchev–Trinajstić information content (AvgIpc) is 3.12. The molecule has 1 aliphatic rings. The van der Waals surface area contributed by atoms with E-state index in [1.165, 1.54) is 48.9 Å². The Morgan fingerprint density at radius 3 is 2.21 bits per heavy atom. The summed E-state index contributed by atoms with van der Waals surface area (Å²) in [6.45, 7) is 0. The van der Waals surface area contributed by atoms with Gasteiger partial charge in [-0.2, -0.15) is 0 Å². The normalized spacial score (nSPS) is 17.2. The number of amides is 1. The minimum absolute atomic E-state index is 0.204. The molecule has 0 unspecified atom stereocenters. The third-order valence-corrected chi connectivity index (χ3v) is 7.27.